The van der Waals surface area contributed by atoms with Crippen LogP contribution in [0.25, 0.3) is 0 Å². The topological polar surface area (TPSA) is 46.6 Å². The summed E-state index contributed by atoms with van der Waals surface area (Å²) in [5.74, 6) is -0.591. The summed E-state index contributed by atoms with van der Waals surface area (Å²) in [5.41, 5.74) is 3.83. The molecule has 3 aromatic rings. The molecular formula is C29H28FNO3. The van der Waals surface area contributed by atoms with Gasteiger partial charge >= 0.3 is 5.97 Å². The number of anilines is 1. The van der Waals surface area contributed by atoms with Crippen molar-refractivity contribution in [2.75, 3.05) is 12.0 Å². The molecule has 1 aliphatic heterocycles. The molecule has 1 fully saturated rings. The molecule has 0 N–H and O–H groups in total. The SMILES string of the molecule is COC(=O)c1cccc(CN2C(=O)[C@]3(C[C@@]3(c3ccc(C)cc3)C(C)C)c3cc(F)ccc32)c1. The first kappa shape index (κ1) is 22.3. The highest BCUT2D eigenvalue weighted by Crippen LogP contribution is 2.73. The van der Waals surface area contributed by atoms with Crippen LogP contribution < -0.4 is 4.90 Å². The first-order chi connectivity index (χ1) is 16.2. The van der Waals surface area contributed by atoms with Crippen LogP contribution in [0.4, 0.5) is 10.1 Å². The second-order valence-corrected chi connectivity index (χ2v) is 9.82. The Morgan fingerprint density at radius 1 is 1.09 bits per heavy atom. The lowest BCUT2D eigenvalue weighted by molar-refractivity contribution is -0.121. The zero-order chi connectivity index (χ0) is 24.3. The number of carbonyl (C=O) groups excluding carboxylic acids is 2. The summed E-state index contributed by atoms with van der Waals surface area (Å²) in [6.07, 6.45) is 0.648. The number of carbonyl (C=O) groups is 2. The first-order valence-electron chi connectivity index (χ1n) is 11.6. The molecule has 5 heteroatoms. The highest BCUT2D eigenvalue weighted by atomic mass is 19.1. The number of hydrogen-bond donors (Lipinski definition) is 0. The highest BCUT2D eigenvalue weighted by Gasteiger charge is 2.77. The van der Waals surface area contributed by atoms with Crippen LogP contribution in [0.5, 0.6) is 0 Å². The molecule has 0 bridgehead atoms. The fourth-order valence-corrected chi connectivity index (χ4v) is 6.00. The second-order valence-electron chi connectivity index (χ2n) is 9.82. The summed E-state index contributed by atoms with van der Waals surface area (Å²) in [4.78, 5) is 28.0. The smallest absolute Gasteiger partial charge is 0.337 e. The normalized spacial score (nSPS) is 22.9. The molecule has 3 aromatic carbocycles. The van der Waals surface area contributed by atoms with Gasteiger partial charge in [-0.25, -0.2) is 9.18 Å². The average Bonchev–Trinajstić information content (AvgIpc) is 3.50. The van der Waals surface area contributed by atoms with Gasteiger partial charge in [-0.1, -0.05) is 55.8 Å². The second kappa shape index (κ2) is 7.79. The molecule has 0 saturated heterocycles. The number of fused-ring (bicyclic) bond motifs is 2. The fraction of sp³-hybridized carbons (Fsp3) is 0.310. The zero-order valence-electron chi connectivity index (χ0n) is 19.9. The van der Waals surface area contributed by atoms with Crippen molar-refractivity contribution < 1.29 is 18.7 Å². The molecule has 1 aliphatic carbocycles. The Hall–Kier alpha value is -3.47. The van der Waals surface area contributed by atoms with E-state index in [0.29, 0.717) is 18.5 Å². The monoisotopic (exact) mass is 457 g/mol. The van der Waals surface area contributed by atoms with Crippen LogP contribution >= 0.6 is 0 Å². The van der Waals surface area contributed by atoms with E-state index in [2.05, 4.69) is 38.1 Å². The highest BCUT2D eigenvalue weighted by molar-refractivity contribution is 6.12. The zero-order valence-corrected chi connectivity index (χ0v) is 19.9. The quantitative estimate of drug-likeness (QED) is 0.462. The maximum atomic E-state index is 14.5. The number of amides is 1. The number of esters is 1. The van der Waals surface area contributed by atoms with Gasteiger partial charge in [0.1, 0.15) is 5.82 Å². The Morgan fingerprint density at radius 3 is 2.50 bits per heavy atom. The molecule has 1 saturated carbocycles. The molecule has 5 rings (SSSR count). The van der Waals surface area contributed by atoms with Crippen LogP contribution in [0.1, 0.15) is 52.9 Å². The first-order valence-corrected chi connectivity index (χ1v) is 11.6. The van der Waals surface area contributed by atoms with Crippen LogP contribution in [0.2, 0.25) is 0 Å². The lowest BCUT2D eigenvalue weighted by atomic mass is 9.75. The van der Waals surface area contributed by atoms with Crippen molar-refractivity contribution in [3.63, 3.8) is 0 Å². The van der Waals surface area contributed by atoms with E-state index in [1.165, 1.54) is 19.2 Å². The van der Waals surface area contributed by atoms with Crippen LogP contribution in [0.3, 0.4) is 0 Å². The molecule has 2 aliphatic rings. The summed E-state index contributed by atoms with van der Waals surface area (Å²) in [6.45, 7) is 6.63. The van der Waals surface area contributed by atoms with Crippen molar-refractivity contribution in [1.82, 2.24) is 0 Å². The summed E-state index contributed by atoms with van der Waals surface area (Å²) >= 11 is 0. The van der Waals surface area contributed by atoms with Crippen molar-refractivity contribution >= 4 is 17.6 Å². The molecule has 1 heterocycles. The molecule has 0 radical (unpaired) electrons. The van der Waals surface area contributed by atoms with E-state index >= 15 is 0 Å². The minimum atomic E-state index is -0.798. The minimum absolute atomic E-state index is 0.00848. The Morgan fingerprint density at radius 2 is 1.82 bits per heavy atom. The van der Waals surface area contributed by atoms with Gasteiger partial charge in [0, 0.05) is 11.1 Å². The molecule has 2 atom stereocenters. The van der Waals surface area contributed by atoms with Crippen LogP contribution in [0, 0.1) is 18.7 Å². The van der Waals surface area contributed by atoms with Crippen LogP contribution in [0.15, 0.2) is 66.7 Å². The number of hydrogen-bond acceptors (Lipinski definition) is 3. The number of ether oxygens (including phenoxy) is 1. The predicted molar refractivity (Wildman–Crippen MR) is 129 cm³/mol. The number of methoxy groups -OCH3 is 1. The molecule has 174 valence electrons. The van der Waals surface area contributed by atoms with Gasteiger partial charge in [-0.3, -0.25) is 4.79 Å². The van der Waals surface area contributed by atoms with E-state index in [0.717, 1.165) is 27.9 Å². The number of aryl methyl sites for hydroxylation is 1. The number of benzene rings is 3. The standard InChI is InChI=1S/C29H28FNO3/c1-18(2)28(22-10-8-19(3)9-11-22)17-29(28)24-15-23(30)12-13-25(24)31(27(29)33)16-20-6-5-7-21(14-20)26(32)34-4/h5-15,18H,16-17H2,1-4H3/t28-,29-/m0/s1. The fourth-order valence-electron chi connectivity index (χ4n) is 6.00. The van der Waals surface area contributed by atoms with E-state index in [4.69, 9.17) is 4.74 Å². The Bertz CT molecular complexity index is 1300. The van der Waals surface area contributed by atoms with Crippen molar-refractivity contribution in [2.45, 2.75) is 44.6 Å². The van der Waals surface area contributed by atoms with Gasteiger partial charge in [0.25, 0.3) is 0 Å². The van der Waals surface area contributed by atoms with Crippen LogP contribution in [-0.2, 0) is 26.9 Å². The maximum absolute atomic E-state index is 14.5. The lowest BCUT2D eigenvalue weighted by Crippen LogP contribution is -2.38. The summed E-state index contributed by atoms with van der Waals surface area (Å²) in [7, 11) is 1.34. The minimum Gasteiger partial charge on any atom is -0.465 e. The van der Waals surface area contributed by atoms with E-state index in [1.807, 2.05) is 13.0 Å². The van der Waals surface area contributed by atoms with Gasteiger partial charge < -0.3 is 9.64 Å². The van der Waals surface area contributed by atoms with Crippen LogP contribution in [-0.4, -0.2) is 19.0 Å². The van der Waals surface area contributed by atoms with Crippen molar-refractivity contribution in [3.8, 4) is 0 Å². The number of rotatable bonds is 5. The van der Waals surface area contributed by atoms with Crippen molar-refractivity contribution in [3.05, 3.63) is 100 Å². The molecule has 0 unspecified atom stereocenters. The van der Waals surface area contributed by atoms with Gasteiger partial charge in [-0.2, -0.15) is 0 Å². The van der Waals surface area contributed by atoms with E-state index in [1.54, 1.807) is 29.2 Å². The van der Waals surface area contributed by atoms with E-state index in [9.17, 15) is 14.0 Å². The van der Waals surface area contributed by atoms with Gasteiger partial charge in [0.15, 0.2) is 0 Å². The van der Waals surface area contributed by atoms with Crippen molar-refractivity contribution in [2.24, 2.45) is 5.92 Å². The molecule has 4 nitrogen and oxygen atoms in total. The summed E-state index contributed by atoms with van der Waals surface area (Å²) < 4.78 is 19.4. The third-order valence-electron chi connectivity index (χ3n) is 7.74. The van der Waals surface area contributed by atoms with E-state index in [-0.39, 0.29) is 17.6 Å². The van der Waals surface area contributed by atoms with Crippen molar-refractivity contribution in [1.29, 1.82) is 0 Å². The van der Waals surface area contributed by atoms with Gasteiger partial charge in [-0.05, 0) is 66.3 Å². The third kappa shape index (κ3) is 3.03. The van der Waals surface area contributed by atoms with Gasteiger partial charge in [0.05, 0.1) is 24.6 Å². The molecule has 1 spiro atoms. The van der Waals surface area contributed by atoms with E-state index < -0.39 is 16.8 Å². The summed E-state index contributed by atoms with van der Waals surface area (Å²) in [6, 6.07) is 20.1. The average molecular weight is 458 g/mol. The third-order valence-corrected chi connectivity index (χ3v) is 7.74. The number of halogens is 1. The number of nitrogens with zero attached hydrogens (tertiary/aromatic N) is 1. The van der Waals surface area contributed by atoms with Gasteiger partial charge in [-0.15, -0.1) is 0 Å². The Balaban J connectivity index is 1.61. The Kier molecular flexibility index (Phi) is 5.12. The maximum Gasteiger partial charge on any atom is 0.337 e. The molecule has 1 amide bonds. The summed E-state index contributed by atoms with van der Waals surface area (Å²) in [5, 5.41) is 0. The van der Waals surface area contributed by atoms with Gasteiger partial charge in [0.2, 0.25) is 5.91 Å². The predicted octanol–water partition coefficient (Wildman–Crippen LogP) is 5.70. The molecule has 0 aromatic heterocycles. The largest absolute Gasteiger partial charge is 0.465 e. The molecule has 34 heavy (non-hydrogen) atoms. The lowest BCUT2D eigenvalue weighted by Gasteiger charge is -2.27. The Labute approximate surface area is 199 Å². The molecular weight excluding hydrogens is 429 g/mol.